The fourth-order valence-corrected chi connectivity index (χ4v) is 1.90. The number of hydrogen-bond donors (Lipinski definition) is 1. The molecule has 1 fully saturated rings. The predicted octanol–water partition coefficient (Wildman–Crippen LogP) is 3.28. The lowest BCUT2D eigenvalue weighted by Crippen LogP contribution is -2.10. The van der Waals surface area contributed by atoms with E-state index in [1.54, 1.807) is 22.6 Å². The van der Waals surface area contributed by atoms with Crippen LogP contribution in [0.1, 0.15) is 18.4 Å². The number of aromatic nitrogens is 1. The van der Waals surface area contributed by atoms with Crippen molar-refractivity contribution in [2.24, 2.45) is 0 Å². The molecule has 0 saturated heterocycles. The largest absolute Gasteiger partial charge is 0.418 e. The molecule has 0 radical (unpaired) electrons. The van der Waals surface area contributed by atoms with Crippen LogP contribution in [0, 0.1) is 3.57 Å². The molecule has 2 nitrogen and oxygen atoms in total. The van der Waals surface area contributed by atoms with Gasteiger partial charge in [0.15, 0.2) is 0 Å². The van der Waals surface area contributed by atoms with Gasteiger partial charge in [0.05, 0.1) is 5.56 Å². The van der Waals surface area contributed by atoms with Gasteiger partial charge in [-0.1, -0.05) is 0 Å². The second-order valence-electron chi connectivity index (χ2n) is 3.47. The van der Waals surface area contributed by atoms with Crippen molar-refractivity contribution in [1.29, 1.82) is 0 Å². The SMILES string of the molecule is FC(F)(F)c1cnc(NC2CC2)cc1I. The number of halogens is 4. The third-order valence-corrected chi connectivity index (χ3v) is 2.98. The van der Waals surface area contributed by atoms with Crippen LogP contribution >= 0.6 is 22.6 Å². The summed E-state index contributed by atoms with van der Waals surface area (Å²) in [6.45, 7) is 0. The van der Waals surface area contributed by atoms with Crippen LogP contribution in [0.25, 0.3) is 0 Å². The lowest BCUT2D eigenvalue weighted by Gasteiger charge is -2.10. The molecule has 0 aliphatic heterocycles. The number of pyridine rings is 1. The number of nitrogens with zero attached hydrogens (tertiary/aromatic N) is 1. The van der Waals surface area contributed by atoms with Crippen LogP contribution in [0.2, 0.25) is 0 Å². The quantitative estimate of drug-likeness (QED) is 0.843. The van der Waals surface area contributed by atoms with Crippen molar-refractivity contribution in [2.75, 3.05) is 5.32 Å². The molecule has 0 bridgehead atoms. The molecule has 1 heterocycles. The van der Waals surface area contributed by atoms with E-state index in [0.29, 0.717) is 11.9 Å². The summed E-state index contributed by atoms with van der Waals surface area (Å²) in [5.41, 5.74) is -0.676. The molecule has 1 aliphatic carbocycles. The lowest BCUT2D eigenvalue weighted by molar-refractivity contribution is -0.138. The molecular formula is C9H8F3IN2. The maximum Gasteiger partial charge on any atom is 0.418 e. The van der Waals surface area contributed by atoms with E-state index in [4.69, 9.17) is 0 Å². The number of hydrogen-bond acceptors (Lipinski definition) is 2. The average Bonchev–Trinajstić information content (AvgIpc) is 2.85. The van der Waals surface area contributed by atoms with E-state index < -0.39 is 11.7 Å². The van der Waals surface area contributed by atoms with Crippen molar-refractivity contribution in [1.82, 2.24) is 4.98 Å². The molecule has 1 aromatic rings. The van der Waals surface area contributed by atoms with E-state index in [-0.39, 0.29) is 3.57 Å². The van der Waals surface area contributed by atoms with E-state index in [2.05, 4.69) is 10.3 Å². The topological polar surface area (TPSA) is 24.9 Å². The third-order valence-electron chi connectivity index (χ3n) is 2.09. The zero-order valence-electron chi connectivity index (χ0n) is 7.61. The molecule has 1 saturated carbocycles. The van der Waals surface area contributed by atoms with Crippen molar-refractivity contribution in [3.05, 3.63) is 21.4 Å². The highest BCUT2D eigenvalue weighted by molar-refractivity contribution is 14.1. The van der Waals surface area contributed by atoms with Gasteiger partial charge in [-0.3, -0.25) is 0 Å². The van der Waals surface area contributed by atoms with Gasteiger partial charge in [-0.25, -0.2) is 4.98 Å². The van der Waals surface area contributed by atoms with E-state index in [1.165, 1.54) is 6.07 Å². The Hall–Kier alpha value is -0.530. The number of rotatable bonds is 2. The van der Waals surface area contributed by atoms with Crippen molar-refractivity contribution in [3.8, 4) is 0 Å². The van der Waals surface area contributed by atoms with Gasteiger partial charge < -0.3 is 5.32 Å². The van der Waals surface area contributed by atoms with E-state index in [9.17, 15) is 13.2 Å². The van der Waals surface area contributed by atoms with Gasteiger partial charge in [-0.15, -0.1) is 0 Å². The summed E-state index contributed by atoms with van der Waals surface area (Å²) in [6, 6.07) is 1.83. The fraction of sp³-hybridized carbons (Fsp3) is 0.444. The maximum atomic E-state index is 12.4. The standard InChI is InChI=1S/C9H8F3IN2/c10-9(11,12)6-4-14-8(3-7(6)13)15-5-1-2-5/h3-5H,1-2H2,(H,14,15). The highest BCUT2D eigenvalue weighted by atomic mass is 127. The fourth-order valence-electron chi connectivity index (χ4n) is 1.16. The molecule has 1 aromatic heterocycles. The van der Waals surface area contributed by atoms with Crippen LogP contribution in [-0.4, -0.2) is 11.0 Å². The molecule has 6 heteroatoms. The minimum Gasteiger partial charge on any atom is -0.367 e. The van der Waals surface area contributed by atoms with Crippen LogP contribution in [0.15, 0.2) is 12.3 Å². The monoisotopic (exact) mass is 328 g/mol. The predicted molar refractivity (Wildman–Crippen MR) is 58.6 cm³/mol. The van der Waals surface area contributed by atoms with E-state index >= 15 is 0 Å². The van der Waals surface area contributed by atoms with Crippen LogP contribution in [0.3, 0.4) is 0 Å². The van der Waals surface area contributed by atoms with Crippen LogP contribution in [0.5, 0.6) is 0 Å². The number of anilines is 1. The average molecular weight is 328 g/mol. The van der Waals surface area contributed by atoms with Gasteiger partial charge in [0.2, 0.25) is 0 Å². The minimum atomic E-state index is -4.32. The summed E-state index contributed by atoms with van der Waals surface area (Å²) in [6.07, 6.45) is -1.30. The van der Waals surface area contributed by atoms with Crippen LogP contribution in [0.4, 0.5) is 19.0 Å². The third kappa shape index (κ3) is 2.73. The summed E-state index contributed by atoms with van der Waals surface area (Å²) in [4.78, 5) is 3.75. The Bertz CT molecular complexity index is 374. The molecule has 0 unspecified atom stereocenters. The highest BCUT2D eigenvalue weighted by Crippen LogP contribution is 2.33. The molecule has 0 atom stereocenters. The summed E-state index contributed by atoms with van der Waals surface area (Å²) in [5, 5.41) is 3.05. The molecule has 0 spiro atoms. The first-order chi connectivity index (χ1) is 6.97. The highest BCUT2D eigenvalue weighted by Gasteiger charge is 2.33. The minimum absolute atomic E-state index is 0.179. The number of nitrogens with one attached hydrogen (secondary N) is 1. The van der Waals surface area contributed by atoms with E-state index in [0.717, 1.165) is 19.0 Å². The number of alkyl halides is 3. The van der Waals surface area contributed by atoms with Gasteiger partial charge in [0.25, 0.3) is 0 Å². The Morgan fingerprint density at radius 1 is 1.40 bits per heavy atom. The maximum absolute atomic E-state index is 12.4. The zero-order valence-corrected chi connectivity index (χ0v) is 9.76. The summed E-state index contributed by atoms with van der Waals surface area (Å²) < 4.78 is 37.3. The second-order valence-corrected chi connectivity index (χ2v) is 4.63. The van der Waals surface area contributed by atoms with Crippen molar-refractivity contribution >= 4 is 28.4 Å². The molecule has 0 aromatic carbocycles. The zero-order chi connectivity index (χ0) is 11.1. The van der Waals surface area contributed by atoms with Crippen molar-refractivity contribution in [2.45, 2.75) is 25.1 Å². The Morgan fingerprint density at radius 2 is 2.07 bits per heavy atom. The first-order valence-electron chi connectivity index (χ1n) is 4.46. The van der Waals surface area contributed by atoms with Gasteiger partial charge in [0.1, 0.15) is 5.82 Å². The van der Waals surface area contributed by atoms with E-state index in [1.807, 2.05) is 0 Å². The van der Waals surface area contributed by atoms with Gasteiger partial charge >= 0.3 is 6.18 Å². The molecule has 1 N–H and O–H groups in total. The van der Waals surface area contributed by atoms with Crippen molar-refractivity contribution < 1.29 is 13.2 Å². The summed E-state index contributed by atoms with van der Waals surface area (Å²) in [5.74, 6) is 0.523. The van der Waals surface area contributed by atoms with Gasteiger partial charge in [0, 0.05) is 15.8 Å². The first-order valence-corrected chi connectivity index (χ1v) is 5.54. The molecule has 2 rings (SSSR count). The molecular weight excluding hydrogens is 320 g/mol. The first kappa shape index (κ1) is 11.0. The lowest BCUT2D eigenvalue weighted by atomic mass is 10.3. The van der Waals surface area contributed by atoms with Crippen LogP contribution < -0.4 is 5.32 Å². The van der Waals surface area contributed by atoms with Gasteiger partial charge in [-0.05, 0) is 41.5 Å². The Kier molecular flexibility index (Phi) is 2.78. The summed E-state index contributed by atoms with van der Waals surface area (Å²) >= 11 is 1.68. The smallest absolute Gasteiger partial charge is 0.367 e. The Morgan fingerprint density at radius 3 is 2.53 bits per heavy atom. The summed E-state index contributed by atoms with van der Waals surface area (Å²) in [7, 11) is 0. The van der Waals surface area contributed by atoms with Gasteiger partial charge in [-0.2, -0.15) is 13.2 Å². The Labute approximate surface area is 98.4 Å². The molecule has 1 aliphatic rings. The molecule has 15 heavy (non-hydrogen) atoms. The van der Waals surface area contributed by atoms with Crippen molar-refractivity contribution in [3.63, 3.8) is 0 Å². The van der Waals surface area contributed by atoms with Crippen LogP contribution in [-0.2, 0) is 6.18 Å². The normalized spacial score (nSPS) is 16.5. The molecule has 0 amide bonds. The second kappa shape index (κ2) is 3.80. The Balaban J connectivity index is 2.21. The molecule has 82 valence electrons.